The topological polar surface area (TPSA) is 83.4 Å². The first-order valence-electron chi connectivity index (χ1n) is 8.15. The molecule has 3 N–H and O–H groups in total. The number of nitrogens with zero attached hydrogens (tertiary/aromatic N) is 1. The zero-order chi connectivity index (χ0) is 17.4. The molecule has 0 bridgehead atoms. The molecule has 1 amide bonds. The standard InChI is InChI=1S/C19H17N3O3/c23-17-14-10-4-6-12-7-5-11-22(16(12)14)19(25)15(17)18(24)21-20-13-8-2-1-3-9-13/h1-4,6,8-10,20,23H,5,7,11H2,(H,21,24). The van der Waals surface area contributed by atoms with Crippen LogP contribution in [0, 0.1) is 0 Å². The van der Waals surface area contributed by atoms with Gasteiger partial charge in [0, 0.05) is 11.9 Å². The minimum atomic E-state index is -0.659. The van der Waals surface area contributed by atoms with Crippen LogP contribution in [0.5, 0.6) is 5.75 Å². The van der Waals surface area contributed by atoms with Gasteiger partial charge in [0.25, 0.3) is 11.5 Å². The highest BCUT2D eigenvalue weighted by atomic mass is 16.3. The van der Waals surface area contributed by atoms with E-state index in [2.05, 4.69) is 10.9 Å². The first-order valence-corrected chi connectivity index (χ1v) is 8.15. The SMILES string of the molecule is O=C(NNc1ccccc1)c1c(O)c2cccc3c2n(c1=O)CCC3. The molecule has 0 saturated heterocycles. The number of para-hydroxylation sites is 2. The third kappa shape index (κ3) is 2.52. The van der Waals surface area contributed by atoms with Crippen molar-refractivity contribution in [3.63, 3.8) is 0 Å². The van der Waals surface area contributed by atoms with Crippen LogP contribution in [0.4, 0.5) is 5.69 Å². The molecule has 25 heavy (non-hydrogen) atoms. The number of aromatic hydroxyl groups is 1. The number of carbonyl (C=O) groups excluding carboxylic acids is 1. The number of rotatable bonds is 3. The van der Waals surface area contributed by atoms with Crippen molar-refractivity contribution < 1.29 is 9.90 Å². The molecule has 1 aromatic heterocycles. The van der Waals surface area contributed by atoms with Crippen LogP contribution in [-0.4, -0.2) is 15.6 Å². The van der Waals surface area contributed by atoms with Gasteiger partial charge in [-0.15, -0.1) is 0 Å². The summed E-state index contributed by atoms with van der Waals surface area (Å²) in [6.07, 6.45) is 1.69. The molecule has 0 saturated carbocycles. The number of anilines is 1. The normalized spacial score (nSPS) is 12.8. The van der Waals surface area contributed by atoms with E-state index in [1.807, 2.05) is 30.3 Å². The predicted molar refractivity (Wildman–Crippen MR) is 95.7 cm³/mol. The molecule has 0 aliphatic carbocycles. The van der Waals surface area contributed by atoms with Gasteiger partial charge in [0.1, 0.15) is 11.3 Å². The summed E-state index contributed by atoms with van der Waals surface area (Å²) in [4.78, 5) is 25.3. The van der Waals surface area contributed by atoms with Gasteiger partial charge in [-0.05, 0) is 36.6 Å². The minimum absolute atomic E-state index is 0.241. The number of nitrogens with one attached hydrogen (secondary N) is 2. The van der Waals surface area contributed by atoms with E-state index in [9.17, 15) is 14.7 Å². The fraction of sp³-hybridized carbons (Fsp3) is 0.158. The number of pyridine rings is 1. The molecule has 0 spiro atoms. The molecule has 6 nitrogen and oxygen atoms in total. The summed E-state index contributed by atoms with van der Waals surface area (Å²) < 4.78 is 1.59. The van der Waals surface area contributed by atoms with E-state index in [4.69, 9.17) is 0 Å². The van der Waals surface area contributed by atoms with Crippen molar-refractivity contribution in [2.45, 2.75) is 19.4 Å². The zero-order valence-electron chi connectivity index (χ0n) is 13.5. The Bertz CT molecular complexity index is 1030. The Morgan fingerprint density at radius 1 is 1.08 bits per heavy atom. The fourth-order valence-corrected chi connectivity index (χ4v) is 3.33. The molecule has 6 heteroatoms. The lowest BCUT2D eigenvalue weighted by Crippen LogP contribution is -2.37. The minimum Gasteiger partial charge on any atom is -0.506 e. The molecule has 1 aliphatic heterocycles. The molecule has 1 aliphatic rings. The van der Waals surface area contributed by atoms with Crippen LogP contribution in [0.1, 0.15) is 22.3 Å². The number of hydrogen-bond acceptors (Lipinski definition) is 4. The van der Waals surface area contributed by atoms with Crippen LogP contribution in [0.15, 0.2) is 53.3 Å². The van der Waals surface area contributed by atoms with Gasteiger partial charge in [-0.1, -0.05) is 30.3 Å². The van der Waals surface area contributed by atoms with E-state index >= 15 is 0 Å². The lowest BCUT2D eigenvalue weighted by atomic mass is 9.99. The van der Waals surface area contributed by atoms with E-state index in [1.165, 1.54) is 0 Å². The van der Waals surface area contributed by atoms with Crippen molar-refractivity contribution in [2.24, 2.45) is 0 Å². The number of carbonyl (C=O) groups is 1. The summed E-state index contributed by atoms with van der Waals surface area (Å²) in [6.45, 7) is 0.541. The Kier molecular flexibility index (Phi) is 3.65. The fourth-order valence-electron chi connectivity index (χ4n) is 3.33. The van der Waals surface area contributed by atoms with Crippen LogP contribution >= 0.6 is 0 Å². The zero-order valence-corrected chi connectivity index (χ0v) is 13.5. The van der Waals surface area contributed by atoms with Gasteiger partial charge < -0.3 is 9.67 Å². The highest BCUT2D eigenvalue weighted by Crippen LogP contribution is 2.31. The maximum absolute atomic E-state index is 12.8. The van der Waals surface area contributed by atoms with E-state index in [0.29, 0.717) is 17.6 Å². The molecule has 4 rings (SSSR count). The summed E-state index contributed by atoms with van der Waals surface area (Å²) in [5.41, 5.74) is 6.95. The largest absolute Gasteiger partial charge is 0.506 e. The number of aryl methyl sites for hydroxylation is 2. The second-order valence-electron chi connectivity index (χ2n) is 6.04. The van der Waals surface area contributed by atoms with Crippen molar-refractivity contribution in [1.82, 2.24) is 9.99 Å². The van der Waals surface area contributed by atoms with E-state index in [1.54, 1.807) is 22.8 Å². The molecule has 0 unspecified atom stereocenters. The predicted octanol–water partition coefficient (Wildman–Crippen LogP) is 2.41. The van der Waals surface area contributed by atoms with Gasteiger partial charge in [0.05, 0.1) is 11.2 Å². The second-order valence-corrected chi connectivity index (χ2v) is 6.04. The third-order valence-corrected chi connectivity index (χ3v) is 4.49. The average Bonchev–Trinajstić information content (AvgIpc) is 2.65. The number of amides is 1. The van der Waals surface area contributed by atoms with Crippen molar-refractivity contribution in [1.29, 1.82) is 0 Å². The van der Waals surface area contributed by atoms with Gasteiger partial charge in [-0.25, -0.2) is 0 Å². The first kappa shape index (κ1) is 15.3. The van der Waals surface area contributed by atoms with Crippen molar-refractivity contribution in [3.05, 3.63) is 70.0 Å². The molecular weight excluding hydrogens is 318 g/mol. The summed E-state index contributed by atoms with van der Waals surface area (Å²) in [5.74, 6) is -0.930. The Hall–Kier alpha value is -3.28. The highest BCUT2D eigenvalue weighted by Gasteiger charge is 2.24. The summed E-state index contributed by atoms with van der Waals surface area (Å²) in [5, 5.41) is 11.1. The molecule has 2 heterocycles. The molecule has 0 atom stereocenters. The maximum atomic E-state index is 12.8. The van der Waals surface area contributed by atoms with E-state index in [0.717, 1.165) is 23.9 Å². The first-order chi connectivity index (χ1) is 12.2. The van der Waals surface area contributed by atoms with E-state index in [-0.39, 0.29) is 11.3 Å². The molecule has 0 radical (unpaired) electrons. The van der Waals surface area contributed by atoms with Crippen LogP contribution < -0.4 is 16.4 Å². The molecule has 0 fully saturated rings. The molecule has 2 aromatic carbocycles. The van der Waals surface area contributed by atoms with Crippen molar-refractivity contribution in [3.8, 4) is 5.75 Å². The monoisotopic (exact) mass is 335 g/mol. The number of benzene rings is 2. The number of hydrogen-bond donors (Lipinski definition) is 3. The lowest BCUT2D eigenvalue weighted by molar-refractivity contribution is 0.0958. The van der Waals surface area contributed by atoms with Gasteiger partial charge in [0.2, 0.25) is 0 Å². The quantitative estimate of drug-likeness (QED) is 0.642. The molecule has 126 valence electrons. The molecular formula is C19H17N3O3. The van der Waals surface area contributed by atoms with E-state index < -0.39 is 11.5 Å². The Morgan fingerprint density at radius 3 is 2.68 bits per heavy atom. The maximum Gasteiger partial charge on any atom is 0.279 e. The number of hydrazine groups is 1. The average molecular weight is 335 g/mol. The van der Waals surface area contributed by atoms with Gasteiger partial charge >= 0.3 is 0 Å². The third-order valence-electron chi connectivity index (χ3n) is 4.49. The van der Waals surface area contributed by atoms with Crippen molar-refractivity contribution in [2.75, 3.05) is 5.43 Å². The second kappa shape index (κ2) is 5.98. The highest BCUT2D eigenvalue weighted by molar-refractivity contribution is 6.03. The number of aromatic nitrogens is 1. The van der Waals surface area contributed by atoms with Crippen LogP contribution in [0.25, 0.3) is 10.9 Å². The Labute approximate surface area is 143 Å². The van der Waals surface area contributed by atoms with Gasteiger partial charge in [-0.2, -0.15) is 0 Å². The van der Waals surface area contributed by atoms with Crippen molar-refractivity contribution >= 4 is 22.5 Å². The summed E-state index contributed by atoms with van der Waals surface area (Å²) in [7, 11) is 0. The lowest BCUT2D eigenvalue weighted by Gasteiger charge is -2.21. The Morgan fingerprint density at radius 2 is 1.88 bits per heavy atom. The summed E-state index contributed by atoms with van der Waals surface area (Å²) >= 11 is 0. The van der Waals surface area contributed by atoms with Crippen LogP contribution in [0.3, 0.4) is 0 Å². The Balaban J connectivity index is 1.77. The van der Waals surface area contributed by atoms with Crippen LogP contribution in [0.2, 0.25) is 0 Å². The summed E-state index contributed by atoms with van der Waals surface area (Å²) in [6, 6.07) is 14.6. The van der Waals surface area contributed by atoms with Gasteiger partial charge in [-0.3, -0.25) is 20.4 Å². The van der Waals surface area contributed by atoms with Gasteiger partial charge in [0.15, 0.2) is 0 Å². The van der Waals surface area contributed by atoms with Crippen LogP contribution in [-0.2, 0) is 13.0 Å². The molecule has 3 aromatic rings. The smallest absolute Gasteiger partial charge is 0.279 e.